The number of allylic oxidation sites excluding steroid dienone is 2. The number of nitrogens with one attached hydrogen (secondary N) is 1. The number of ether oxygens (including phenoxy) is 1. The highest BCUT2D eigenvalue weighted by Crippen LogP contribution is 2.55. The average Bonchev–Trinajstić information content (AvgIpc) is 3.08. The predicted molar refractivity (Wildman–Crippen MR) is 119 cm³/mol. The van der Waals surface area contributed by atoms with Crippen molar-refractivity contribution in [3.63, 3.8) is 0 Å². The highest BCUT2D eigenvalue weighted by atomic mass is 32.7. The largest absolute Gasteiger partial charge is 0.459 e. The standard InChI is InChI=1S/C20H29N2O7PS/c1-12(2)15-6-4-14(5-7-15)10-27-30(26,31)28-11-17-16(23)8-18(29-17)22-9-13(3)19(24)21-20(22)25/h4,9,15-18,23H,1,5-8,10-11H2,2-3H3,(H,26,31)(H,21,24,25)/t15?,16-,17+,18+,30?/m0/s1. The summed E-state index contributed by atoms with van der Waals surface area (Å²) < 4.78 is 17.8. The van der Waals surface area contributed by atoms with Crippen molar-refractivity contribution in [3.05, 3.63) is 56.4 Å². The van der Waals surface area contributed by atoms with Crippen molar-refractivity contribution in [1.82, 2.24) is 9.55 Å². The molecule has 2 heterocycles. The Kier molecular flexibility index (Phi) is 7.96. The summed E-state index contributed by atoms with van der Waals surface area (Å²) in [7, 11) is -3.52. The Labute approximate surface area is 186 Å². The maximum Gasteiger partial charge on any atom is 0.330 e. The number of aliphatic hydroxyl groups is 1. The van der Waals surface area contributed by atoms with Gasteiger partial charge in [0.2, 0.25) is 0 Å². The summed E-state index contributed by atoms with van der Waals surface area (Å²) in [6.45, 7) is 7.61. The molecule has 1 aromatic rings. The van der Waals surface area contributed by atoms with Crippen LogP contribution in [-0.2, 0) is 26.0 Å². The topological polar surface area (TPSA) is 123 Å². The number of rotatable bonds is 8. The zero-order valence-corrected chi connectivity index (χ0v) is 19.4. The van der Waals surface area contributed by atoms with Crippen molar-refractivity contribution in [2.45, 2.75) is 58.0 Å². The first-order valence-electron chi connectivity index (χ1n) is 10.2. The molecule has 3 rings (SSSR count). The maximum absolute atomic E-state index is 12.0. The summed E-state index contributed by atoms with van der Waals surface area (Å²) in [5, 5.41) is 10.3. The molecule has 0 saturated carbocycles. The van der Waals surface area contributed by atoms with Crippen LogP contribution < -0.4 is 11.2 Å². The zero-order chi connectivity index (χ0) is 22.8. The quantitative estimate of drug-likeness (QED) is 0.299. The SMILES string of the molecule is C=C(C)C1CC=C(CO[P+](O)([S-])OC[C@H]2O[C@@H](n3cc(C)c(=O)[nH]c3=O)C[C@@H]2O)CC1. The van der Waals surface area contributed by atoms with Crippen molar-refractivity contribution < 1.29 is 23.8 Å². The van der Waals surface area contributed by atoms with E-state index in [1.54, 1.807) is 6.92 Å². The molecule has 5 atom stereocenters. The lowest BCUT2D eigenvalue weighted by atomic mass is 9.86. The third-order valence-electron chi connectivity index (χ3n) is 5.68. The molecule has 1 fully saturated rings. The molecule has 0 aromatic carbocycles. The molecule has 0 bridgehead atoms. The Bertz CT molecular complexity index is 958. The molecule has 1 aliphatic carbocycles. The van der Waals surface area contributed by atoms with Crippen molar-refractivity contribution >= 4 is 19.4 Å². The van der Waals surface area contributed by atoms with E-state index in [1.807, 2.05) is 6.92 Å². The summed E-state index contributed by atoms with van der Waals surface area (Å²) >= 11 is 5.07. The van der Waals surface area contributed by atoms with Crippen LogP contribution in [0.15, 0.2) is 39.6 Å². The van der Waals surface area contributed by atoms with Gasteiger partial charge in [-0.3, -0.25) is 14.3 Å². The fourth-order valence-corrected chi connectivity index (χ4v) is 4.75. The van der Waals surface area contributed by atoms with Gasteiger partial charge in [0, 0.05) is 18.2 Å². The van der Waals surface area contributed by atoms with Gasteiger partial charge in [0.1, 0.15) is 25.5 Å². The van der Waals surface area contributed by atoms with Gasteiger partial charge < -0.3 is 22.1 Å². The number of H-pyrrole nitrogens is 1. The molecule has 1 aromatic heterocycles. The second-order valence-electron chi connectivity index (χ2n) is 8.13. The highest BCUT2D eigenvalue weighted by molar-refractivity contribution is 8.35. The minimum Gasteiger partial charge on any atom is -0.459 e. The Morgan fingerprint density at radius 2 is 2.19 bits per heavy atom. The van der Waals surface area contributed by atoms with Crippen LogP contribution in [0.1, 0.15) is 44.4 Å². The Morgan fingerprint density at radius 1 is 1.45 bits per heavy atom. The number of aromatic nitrogens is 2. The number of aryl methyl sites for hydroxylation is 1. The molecule has 0 radical (unpaired) electrons. The first kappa shape index (κ1) is 24.4. The van der Waals surface area contributed by atoms with E-state index in [0.717, 1.165) is 24.8 Å². The molecule has 11 heteroatoms. The fourth-order valence-electron chi connectivity index (χ4n) is 3.67. The highest BCUT2D eigenvalue weighted by Gasteiger charge is 2.38. The van der Waals surface area contributed by atoms with Gasteiger partial charge >= 0.3 is 5.69 Å². The van der Waals surface area contributed by atoms with E-state index in [-0.39, 0.29) is 19.6 Å². The lowest BCUT2D eigenvalue weighted by molar-refractivity contribution is -0.0438. The third-order valence-corrected chi connectivity index (χ3v) is 7.24. The van der Waals surface area contributed by atoms with E-state index >= 15 is 0 Å². The van der Waals surface area contributed by atoms with E-state index < -0.39 is 36.8 Å². The van der Waals surface area contributed by atoms with E-state index in [4.69, 9.17) is 26.0 Å². The first-order valence-corrected chi connectivity index (χ1v) is 12.8. The molecule has 172 valence electrons. The van der Waals surface area contributed by atoms with Gasteiger partial charge in [-0.15, -0.1) is 0 Å². The molecular formula is C20H29N2O7PS. The summed E-state index contributed by atoms with van der Waals surface area (Å²) in [5.74, 6) is 0.477. The number of hydrogen-bond acceptors (Lipinski definition) is 8. The molecule has 9 nitrogen and oxygen atoms in total. The number of nitrogens with zero attached hydrogens (tertiary/aromatic N) is 1. The average molecular weight is 473 g/mol. The number of aromatic amines is 1. The van der Waals surface area contributed by atoms with Crippen LogP contribution in [0.5, 0.6) is 0 Å². The van der Waals surface area contributed by atoms with Gasteiger partial charge in [-0.1, -0.05) is 18.2 Å². The molecule has 2 unspecified atom stereocenters. The predicted octanol–water partition coefficient (Wildman–Crippen LogP) is 2.05. The van der Waals surface area contributed by atoms with Crippen LogP contribution in [0.4, 0.5) is 0 Å². The summed E-state index contributed by atoms with van der Waals surface area (Å²) in [6, 6.07) is 0. The lowest BCUT2D eigenvalue weighted by Crippen LogP contribution is -2.33. The molecule has 1 saturated heterocycles. The maximum atomic E-state index is 12.0. The van der Waals surface area contributed by atoms with E-state index in [0.29, 0.717) is 11.5 Å². The molecular weight excluding hydrogens is 443 g/mol. The van der Waals surface area contributed by atoms with Gasteiger partial charge in [0.15, 0.2) is 0 Å². The molecule has 3 N–H and O–H groups in total. The Hall–Kier alpha value is -1.26. The Balaban J connectivity index is 1.51. The van der Waals surface area contributed by atoms with E-state index in [1.165, 1.54) is 16.3 Å². The summed E-state index contributed by atoms with van der Waals surface area (Å²) in [4.78, 5) is 36.1. The van der Waals surface area contributed by atoms with Crippen molar-refractivity contribution in [2.24, 2.45) is 5.92 Å². The van der Waals surface area contributed by atoms with E-state index in [9.17, 15) is 19.6 Å². The molecule has 0 amide bonds. The number of aliphatic hydroxyl groups excluding tert-OH is 1. The van der Waals surface area contributed by atoms with Crippen molar-refractivity contribution in [1.29, 1.82) is 0 Å². The van der Waals surface area contributed by atoms with Gasteiger partial charge in [-0.05, 0) is 44.6 Å². The molecule has 1 aliphatic heterocycles. The van der Waals surface area contributed by atoms with Gasteiger partial charge in [-0.25, -0.2) is 9.69 Å². The van der Waals surface area contributed by atoms with Gasteiger partial charge in [-0.2, -0.15) is 9.05 Å². The first-order chi connectivity index (χ1) is 14.6. The van der Waals surface area contributed by atoms with Crippen LogP contribution in [-0.4, -0.2) is 45.0 Å². The summed E-state index contributed by atoms with van der Waals surface area (Å²) in [6.07, 6.45) is 3.86. The normalized spacial score (nSPS) is 28.2. The second-order valence-corrected chi connectivity index (χ2v) is 11.0. The van der Waals surface area contributed by atoms with E-state index in [2.05, 4.69) is 17.6 Å². The summed E-state index contributed by atoms with van der Waals surface area (Å²) in [5.41, 5.74) is 1.48. The van der Waals surface area contributed by atoms with Crippen molar-refractivity contribution in [2.75, 3.05) is 13.2 Å². The Morgan fingerprint density at radius 3 is 2.84 bits per heavy atom. The number of hydrogen-bond donors (Lipinski definition) is 3. The monoisotopic (exact) mass is 472 g/mol. The van der Waals surface area contributed by atoms with Crippen LogP contribution in [0.25, 0.3) is 0 Å². The fraction of sp³-hybridized carbons (Fsp3) is 0.600. The second kappa shape index (κ2) is 10.1. The van der Waals surface area contributed by atoms with Crippen molar-refractivity contribution in [3.8, 4) is 0 Å². The van der Waals surface area contributed by atoms with Crippen LogP contribution in [0.2, 0.25) is 0 Å². The van der Waals surface area contributed by atoms with Gasteiger partial charge in [0.25, 0.3) is 12.7 Å². The minimum atomic E-state index is -3.52. The van der Waals surface area contributed by atoms with Crippen LogP contribution >= 0.6 is 7.15 Å². The van der Waals surface area contributed by atoms with Crippen LogP contribution in [0, 0.1) is 12.8 Å². The molecule has 31 heavy (non-hydrogen) atoms. The third kappa shape index (κ3) is 6.38. The minimum absolute atomic E-state index is 0.130. The smallest absolute Gasteiger partial charge is 0.330 e. The molecule has 0 spiro atoms. The van der Waals surface area contributed by atoms with Gasteiger partial charge in [0.05, 0.1) is 6.10 Å². The molecule has 2 aliphatic rings. The van der Waals surface area contributed by atoms with Crippen LogP contribution in [0.3, 0.4) is 0 Å². The zero-order valence-electron chi connectivity index (χ0n) is 17.7. The lowest BCUT2D eigenvalue weighted by Gasteiger charge is -2.26.